The summed E-state index contributed by atoms with van der Waals surface area (Å²) in [4.78, 5) is 12.7. The Bertz CT molecular complexity index is 1430. The zero-order valence-corrected chi connectivity index (χ0v) is 16.3. The van der Waals surface area contributed by atoms with E-state index < -0.39 is 15.7 Å². The molecule has 0 saturated heterocycles. The van der Waals surface area contributed by atoms with E-state index in [2.05, 4.69) is 0 Å². The molecule has 1 aliphatic carbocycles. The largest absolute Gasteiger partial charge is 0.422 e. The Labute approximate surface area is 167 Å². The van der Waals surface area contributed by atoms with Crippen LogP contribution in [0.5, 0.6) is 5.75 Å². The second-order valence-electron chi connectivity index (χ2n) is 7.09. The summed E-state index contributed by atoms with van der Waals surface area (Å²) in [5.74, 6) is 0.0942. The Kier molecular flexibility index (Phi) is 3.86. The molecule has 0 bridgehead atoms. The number of hydrogen-bond acceptors (Lipinski definition) is 5. The maximum absolute atomic E-state index is 12.6. The Morgan fingerprint density at radius 1 is 0.966 bits per heavy atom. The van der Waals surface area contributed by atoms with Gasteiger partial charge in [-0.1, -0.05) is 42.0 Å². The van der Waals surface area contributed by atoms with Crippen LogP contribution < -0.4 is 9.81 Å². The van der Waals surface area contributed by atoms with Gasteiger partial charge in [-0.15, -0.1) is 0 Å². The Balaban J connectivity index is 1.57. The predicted molar refractivity (Wildman–Crippen MR) is 110 cm³/mol. The number of benzene rings is 3. The van der Waals surface area contributed by atoms with E-state index in [1.54, 1.807) is 24.3 Å². The van der Waals surface area contributed by atoms with E-state index in [1.165, 1.54) is 18.2 Å². The zero-order chi connectivity index (χ0) is 20.2. The van der Waals surface area contributed by atoms with Crippen LogP contribution in [0.3, 0.4) is 0 Å². The molecule has 4 aromatic rings. The van der Waals surface area contributed by atoms with Gasteiger partial charge in [0, 0.05) is 11.5 Å². The van der Waals surface area contributed by atoms with E-state index in [4.69, 9.17) is 8.60 Å². The van der Waals surface area contributed by atoms with Gasteiger partial charge < -0.3 is 8.60 Å². The summed E-state index contributed by atoms with van der Waals surface area (Å²) in [5.41, 5.74) is 4.25. The van der Waals surface area contributed by atoms with E-state index in [0.29, 0.717) is 17.6 Å². The highest BCUT2D eigenvalue weighted by molar-refractivity contribution is 7.87. The van der Waals surface area contributed by atoms with Crippen LogP contribution in [0.25, 0.3) is 22.1 Å². The summed E-state index contributed by atoms with van der Waals surface area (Å²) in [6.45, 7) is 1.87. The SMILES string of the molecule is Cc1ccc(S(=O)(=O)Oc2ccc3c4c(c(=O)oc3c2)-c2ccccc2C4)cc1. The van der Waals surface area contributed by atoms with Gasteiger partial charge in [-0.3, -0.25) is 0 Å². The predicted octanol–water partition coefficient (Wildman–Crippen LogP) is 4.44. The van der Waals surface area contributed by atoms with Crippen molar-refractivity contribution >= 4 is 21.1 Å². The average Bonchev–Trinajstić information content (AvgIpc) is 3.08. The fourth-order valence-electron chi connectivity index (χ4n) is 3.74. The molecule has 0 atom stereocenters. The standard InChI is InChI=1S/C23H16O5S/c1-14-6-9-17(10-7-14)29(25,26)28-16-8-11-19-20-12-15-4-2-3-5-18(15)22(20)23(24)27-21(19)13-16/h2-11,13H,12H2,1H3. The molecule has 0 spiro atoms. The van der Waals surface area contributed by atoms with Crippen LogP contribution in [-0.2, 0) is 16.5 Å². The van der Waals surface area contributed by atoms with Crippen LogP contribution in [0, 0.1) is 6.92 Å². The van der Waals surface area contributed by atoms with Gasteiger partial charge in [0.15, 0.2) is 0 Å². The molecule has 0 fully saturated rings. The molecule has 6 heteroatoms. The summed E-state index contributed by atoms with van der Waals surface area (Å²) in [7, 11) is -3.98. The van der Waals surface area contributed by atoms with Crippen molar-refractivity contribution in [2.45, 2.75) is 18.2 Å². The van der Waals surface area contributed by atoms with Crippen molar-refractivity contribution in [3.63, 3.8) is 0 Å². The first-order valence-corrected chi connectivity index (χ1v) is 10.5. The fraction of sp³-hybridized carbons (Fsp3) is 0.0870. The van der Waals surface area contributed by atoms with Crippen molar-refractivity contribution in [1.82, 2.24) is 0 Å². The van der Waals surface area contributed by atoms with Crippen LogP contribution in [0.1, 0.15) is 16.7 Å². The van der Waals surface area contributed by atoms with Crippen LogP contribution in [0.4, 0.5) is 0 Å². The third kappa shape index (κ3) is 2.93. The molecule has 0 saturated carbocycles. The van der Waals surface area contributed by atoms with E-state index in [9.17, 15) is 13.2 Å². The third-order valence-electron chi connectivity index (χ3n) is 5.16. The molecule has 1 heterocycles. The highest BCUT2D eigenvalue weighted by atomic mass is 32.2. The van der Waals surface area contributed by atoms with Gasteiger partial charge in [-0.2, -0.15) is 8.42 Å². The molecule has 0 amide bonds. The number of hydrogen-bond donors (Lipinski definition) is 0. The van der Waals surface area contributed by atoms with Gasteiger partial charge in [0.05, 0.1) is 5.56 Å². The molecular weight excluding hydrogens is 388 g/mol. The number of aryl methyl sites for hydroxylation is 1. The summed E-state index contributed by atoms with van der Waals surface area (Å²) in [6.07, 6.45) is 0.634. The monoisotopic (exact) mass is 404 g/mol. The molecule has 0 N–H and O–H groups in total. The Morgan fingerprint density at radius 2 is 1.72 bits per heavy atom. The first-order valence-electron chi connectivity index (χ1n) is 9.11. The van der Waals surface area contributed by atoms with Gasteiger partial charge in [-0.25, -0.2) is 4.79 Å². The van der Waals surface area contributed by atoms with Crippen LogP contribution in [0.15, 0.2) is 80.8 Å². The van der Waals surface area contributed by atoms with Crippen molar-refractivity contribution in [1.29, 1.82) is 0 Å². The van der Waals surface area contributed by atoms with Gasteiger partial charge in [-0.05, 0) is 54.3 Å². The first-order chi connectivity index (χ1) is 13.9. The molecule has 5 nitrogen and oxygen atoms in total. The topological polar surface area (TPSA) is 73.6 Å². The minimum absolute atomic E-state index is 0.0639. The zero-order valence-electron chi connectivity index (χ0n) is 15.5. The molecular formula is C23H16O5S. The maximum Gasteiger partial charge on any atom is 0.344 e. The molecule has 5 rings (SSSR count). The van der Waals surface area contributed by atoms with Crippen molar-refractivity contribution < 1.29 is 17.0 Å². The molecule has 0 aliphatic heterocycles. The highest BCUT2D eigenvalue weighted by Gasteiger charge is 2.25. The van der Waals surface area contributed by atoms with E-state index in [-0.39, 0.29) is 10.6 Å². The number of fused-ring (bicyclic) bond motifs is 5. The lowest BCUT2D eigenvalue weighted by atomic mass is 10.1. The van der Waals surface area contributed by atoms with Gasteiger partial charge >= 0.3 is 15.7 Å². The second kappa shape index (κ2) is 6.32. The van der Waals surface area contributed by atoms with Gasteiger partial charge in [0.25, 0.3) is 0 Å². The lowest BCUT2D eigenvalue weighted by molar-refractivity contribution is 0.485. The van der Waals surface area contributed by atoms with E-state index in [0.717, 1.165) is 27.6 Å². The quantitative estimate of drug-likeness (QED) is 0.328. The van der Waals surface area contributed by atoms with Crippen molar-refractivity contribution in [3.8, 4) is 16.9 Å². The summed E-state index contributed by atoms with van der Waals surface area (Å²) in [5, 5.41) is 0.774. The molecule has 1 aliphatic rings. The minimum atomic E-state index is -3.98. The summed E-state index contributed by atoms with van der Waals surface area (Å²) < 4.78 is 35.8. The average molecular weight is 404 g/mol. The molecule has 3 aromatic carbocycles. The smallest absolute Gasteiger partial charge is 0.344 e. The maximum atomic E-state index is 12.6. The van der Waals surface area contributed by atoms with Gasteiger partial charge in [0.2, 0.25) is 0 Å². The molecule has 0 unspecified atom stereocenters. The van der Waals surface area contributed by atoms with Crippen molar-refractivity contribution in [3.05, 3.63) is 93.8 Å². The van der Waals surface area contributed by atoms with Crippen LogP contribution >= 0.6 is 0 Å². The van der Waals surface area contributed by atoms with Crippen LogP contribution in [-0.4, -0.2) is 8.42 Å². The van der Waals surface area contributed by atoms with Gasteiger partial charge in [0.1, 0.15) is 16.2 Å². The Morgan fingerprint density at radius 3 is 2.52 bits per heavy atom. The highest BCUT2D eigenvalue weighted by Crippen LogP contribution is 2.38. The molecule has 0 radical (unpaired) electrons. The molecule has 29 heavy (non-hydrogen) atoms. The number of rotatable bonds is 3. The summed E-state index contributed by atoms with van der Waals surface area (Å²) in [6, 6.07) is 18.9. The van der Waals surface area contributed by atoms with Crippen molar-refractivity contribution in [2.75, 3.05) is 0 Å². The minimum Gasteiger partial charge on any atom is -0.422 e. The van der Waals surface area contributed by atoms with Crippen molar-refractivity contribution in [2.24, 2.45) is 0 Å². The second-order valence-corrected chi connectivity index (χ2v) is 8.63. The van der Waals surface area contributed by atoms with E-state index in [1.807, 2.05) is 31.2 Å². The summed E-state index contributed by atoms with van der Waals surface area (Å²) >= 11 is 0. The van der Waals surface area contributed by atoms with Crippen LogP contribution in [0.2, 0.25) is 0 Å². The third-order valence-corrected chi connectivity index (χ3v) is 6.42. The normalized spacial score (nSPS) is 12.6. The lowest BCUT2D eigenvalue weighted by Gasteiger charge is -2.09. The van der Waals surface area contributed by atoms with E-state index >= 15 is 0 Å². The Hall–Kier alpha value is -3.38. The molecule has 1 aromatic heterocycles. The lowest BCUT2D eigenvalue weighted by Crippen LogP contribution is -2.10. The molecule has 144 valence electrons. The first kappa shape index (κ1) is 17.7. The fourth-order valence-corrected chi connectivity index (χ4v) is 4.66.